The number of hydrogen-bond acceptors (Lipinski definition) is 4. The highest BCUT2D eigenvalue weighted by Gasteiger charge is 2.32. The first kappa shape index (κ1) is 16.6. The normalized spacial score (nSPS) is 19.9. The zero-order valence-corrected chi connectivity index (χ0v) is 12.6. The number of halogens is 3. The molecule has 9 heteroatoms. The molecule has 0 aromatic heterocycles. The third kappa shape index (κ3) is 3.52. The van der Waals surface area contributed by atoms with Crippen molar-refractivity contribution in [2.75, 3.05) is 30.4 Å². The summed E-state index contributed by atoms with van der Waals surface area (Å²) >= 11 is 0. The van der Waals surface area contributed by atoms with Gasteiger partial charge in [-0.3, -0.25) is 4.79 Å². The molecule has 1 fully saturated rings. The van der Waals surface area contributed by atoms with Crippen LogP contribution in [0.25, 0.3) is 0 Å². The molecule has 1 aliphatic rings. The number of sulfone groups is 1. The molecule has 0 unspecified atom stereocenters. The van der Waals surface area contributed by atoms with Crippen molar-refractivity contribution >= 4 is 21.4 Å². The molecule has 0 aliphatic carbocycles. The Hall–Kier alpha value is -1.77. The minimum Gasteiger partial charge on any atom is -0.374 e. The van der Waals surface area contributed by atoms with Crippen molar-refractivity contribution in [1.82, 2.24) is 4.90 Å². The first-order valence-electron chi connectivity index (χ1n) is 6.55. The van der Waals surface area contributed by atoms with E-state index < -0.39 is 39.2 Å². The maximum absolute atomic E-state index is 13.4. The third-order valence-electron chi connectivity index (χ3n) is 3.61. The van der Waals surface area contributed by atoms with Gasteiger partial charge in [0.2, 0.25) is 5.91 Å². The highest BCUT2D eigenvalue weighted by Crippen LogP contribution is 2.20. The lowest BCUT2D eigenvalue weighted by atomic mass is 10.2. The summed E-state index contributed by atoms with van der Waals surface area (Å²) in [6.07, 6.45) is 0.351. The Labute approximate surface area is 126 Å². The molecule has 0 bridgehead atoms. The predicted octanol–water partition coefficient (Wildman–Crippen LogP) is 1.16. The van der Waals surface area contributed by atoms with Gasteiger partial charge in [0, 0.05) is 13.1 Å². The molecule has 1 aliphatic heterocycles. The number of anilines is 1. The van der Waals surface area contributed by atoms with E-state index in [0.717, 1.165) is 12.1 Å². The second-order valence-electron chi connectivity index (χ2n) is 5.14. The molecule has 0 saturated carbocycles. The van der Waals surface area contributed by atoms with Gasteiger partial charge in [-0.25, -0.2) is 21.6 Å². The van der Waals surface area contributed by atoms with E-state index in [1.54, 1.807) is 0 Å². The van der Waals surface area contributed by atoms with Gasteiger partial charge in [0.15, 0.2) is 27.3 Å². The minimum absolute atomic E-state index is 0.0283. The topological polar surface area (TPSA) is 66.5 Å². The van der Waals surface area contributed by atoms with Crippen LogP contribution in [0.4, 0.5) is 18.9 Å². The van der Waals surface area contributed by atoms with Crippen LogP contribution in [-0.4, -0.2) is 50.4 Å². The van der Waals surface area contributed by atoms with Crippen molar-refractivity contribution in [1.29, 1.82) is 0 Å². The Kier molecular flexibility index (Phi) is 4.64. The SMILES string of the molecule is CN(C(=O)CNc1ccc(F)c(F)c1F)[C@H]1CCS(=O)(=O)C1. The Balaban J connectivity index is 1.97. The van der Waals surface area contributed by atoms with E-state index in [-0.39, 0.29) is 23.7 Å². The number of carbonyl (C=O) groups is 1. The van der Waals surface area contributed by atoms with Gasteiger partial charge in [-0.2, -0.15) is 0 Å². The molecule has 5 nitrogen and oxygen atoms in total. The van der Waals surface area contributed by atoms with Crippen LogP contribution in [0, 0.1) is 17.5 Å². The third-order valence-corrected chi connectivity index (χ3v) is 5.37. The summed E-state index contributed by atoms with van der Waals surface area (Å²) in [5.74, 6) is -4.88. The van der Waals surface area contributed by atoms with Gasteiger partial charge < -0.3 is 10.2 Å². The van der Waals surface area contributed by atoms with Crippen molar-refractivity contribution in [2.24, 2.45) is 0 Å². The summed E-state index contributed by atoms with van der Waals surface area (Å²) in [4.78, 5) is 13.2. The smallest absolute Gasteiger partial charge is 0.241 e. The Morgan fingerprint density at radius 3 is 2.59 bits per heavy atom. The molecular weight excluding hydrogens is 321 g/mol. The van der Waals surface area contributed by atoms with E-state index in [0.29, 0.717) is 6.42 Å². The highest BCUT2D eigenvalue weighted by molar-refractivity contribution is 7.91. The average molecular weight is 336 g/mol. The fourth-order valence-corrected chi connectivity index (χ4v) is 4.02. The molecule has 1 N–H and O–H groups in total. The molecule has 0 radical (unpaired) electrons. The molecule has 1 aromatic carbocycles. The average Bonchev–Trinajstić information content (AvgIpc) is 2.83. The molecule has 0 spiro atoms. The standard InChI is InChI=1S/C13H15F3N2O3S/c1-18(8-4-5-22(20,21)7-8)11(19)6-17-10-3-2-9(14)12(15)13(10)16/h2-3,8,17H,4-7H2,1H3/t8-/m0/s1. The fraction of sp³-hybridized carbons (Fsp3) is 0.462. The summed E-state index contributed by atoms with van der Waals surface area (Å²) in [6.45, 7) is -0.352. The second kappa shape index (κ2) is 6.15. The van der Waals surface area contributed by atoms with Crippen LogP contribution in [0.5, 0.6) is 0 Å². The predicted molar refractivity (Wildman–Crippen MR) is 74.6 cm³/mol. The molecule has 2 rings (SSSR count). The zero-order chi connectivity index (χ0) is 16.5. The molecule has 22 heavy (non-hydrogen) atoms. The van der Waals surface area contributed by atoms with Crippen molar-refractivity contribution in [2.45, 2.75) is 12.5 Å². The lowest BCUT2D eigenvalue weighted by molar-refractivity contribution is -0.129. The van der Waals surface area contributed by atoms with Gasteiger partial charge in [-0.05, 0) is 18.6 Å². The quantitative estimate of drug-likeness (QED) is 0.838. The van der Waals surface area contributed by atoms with Crippen LogP contribution < -0.4 is 5.32 Å². The largest absolute Gasteiger partial charge is 0.374 e. The molecule has 1 atom stereocenters. The van der Waals surface area contributed by atoms with Crippen molar-refractivity contribution in [3.05, 3.63) is 29.6 Å². The Bertz CT molecular complexity index is 694. The van der Waals surface area contributed by atoms with Crippen LogP contribution in [0.1, 0.15) is 6.42 Å². The number of amides is 1. The molecule has 1 saturated heterocycles. The first-order valence-corrected chi connectivity index (χ1v) is 8.37. The van der Waals surface area contributed by atoms with Gasteiger partial charge in [-0.15, -0.1) is 0 Å². The zero-order valence-electron chi connectivity index (χ0n) is 11.8. The second-order valence-corrected chi connectivity index (χ2v) is 7.37. The van der Waals surface area contributed by atoms with Gasteiger partial charge in [0.1, 0.15) is 0 Å². The van der Waals surface area contributed by atoms with E-state index in [1.807, 2.05) is 0 Å². The monoisotopic (exact) mass is 336 g/mol. The molecule has 1 amide bonds. The van der Waals surface area contributed by atoms with Crippen LogP contribution >= 0.6 is 0 Å². The number of carbonyl (C=O) groups excluding carboxylic acids is 1. The van der Waals surface area contributed by atoms with Crippen molar-refractivity contribution in [3.63, 3.8) is 0 Å². The number of likely N-dealkylation sites (N-methyl/N-ethyl adjacent to an activating group) is 1. The van der Waals surface area contributed by atoms with Crippen LogP contribution in [-0.2, 0) is 14.6 Å². The fourth-order valence-electron chi connectivity index (χ4n) is 2.24. The number of hydrogen-bond donors (Lipinski definition) is 1. The van der Waals surface area contributed by atoms with Gasteiger partial charge in [0.05, 0.1) is 23.7 Å². The Morgan fingerprint density at radius 2 is 2.00 bits per heavy atom. The van der Waals surface area contributed by atoms with Crippen LogP contribution in [0.2, 0.25) is 0 Å². The van der Waals surface area contributed by atoms with E-state index in [4.69, 9.17) is 0 Å². The lowest BCUT2D eigenvalue weighted by Crippen LogP contribution is -2.41. The van der Waals surface area contributed by atoms with E-state index in [2.05, 4.69) is 5.32 Å². The molecule has 1 heterocycles. The van der Waals surface area contributed by atoms with Gasteiger partial charge in [-0.1, -0.05) is 0 Å². The van der Waals surface area contributed by atoms with E-state index in [1.165, 1.54) is 11.9 Å². The minimum atomic E-state index is -3.12. The summed E-state index contributed by atoms with van der Waals surface area (Å²) in [7, 11) is -1.67. The molecular formula is C13H15F3N2O3S. The summed E-state index contributed by atoms with van der Waals surface area (Å²) in [6, 6.07) is 1.31. The number of nitrogens with zero attached hydrogens (tertiary/aromatic N) is 1. The Morgan fingerprint density at radius 1 is 1.32 bits per heavy atom. The van der Waals surface area contributed by atoms with E-state index >= 15 is 0 Å². The van der Waals surface area contributed by atoms with Crippen LogP contribution in [0.3, 0.4) is 0 Å². The number of rotatable bonds is 4. The first-order chi connectivity index (χ1) is 10.2. The molecule has 1 aromatic rings. The lowest BCUT2D eigenvalue weighted by Gasteiger charge is -2.23. The summed E-state index contributed by atoms with van der Waals surface area (Å²) < 4.78 is 62.0. The van der Waals surface area contributed by atoms with E-state index in [9.17, 15) is 26.4 Å². The van der Waals surface area contributed by atoms with Gasteiger partial charge >= 0.3 is 0 Å². The van der Waals surface area contributed by atoms with Gasteiger partial charge in [0.25, 0.3) is 0 Å². The maximum atomic E-state index is 13.4. The maximum Gasteiger partial charge on any atom is 0.241 e. The summed E-state index contributed by atoms with van der Waals surface area (Å²) in [5.41, 5.74) is -0.334. The van der Waals surface area contributed by atoms with Crippen LogP contribution in [0.15, 0.2) is 12.1 Å². The summed E-state index contributed by atoms with van der Waals surface area (Å²) in [5, 5.41) is 2.38. The molecule has 122 valence electrons. The van der Waals surface area contributed by atoms with Crippen molar-refractivity contribution < 1.29 is 26.4 Å². The van der Waals surface area contributed by atoms with Crippen molar-refractivity contribution in [3.8, 4) is 0 Å². The number of nitrogens with one attached hydrogen (secondary N) is 1. The highest BCUT2D eigenvalue weighted by atomic mass is 32.2. The number of benzene rings is 1.